The molecule has 1 aromatic rings. The molecule has 100 valence electrons. The molecule has 0 aliphatic heterocycles. The fraction of sp³-hybridized carbons (Fsp3) is 0.455. The van der Waals surface area contributed by atoms with E-state index >= 15 is 0 Å². The molecule has 4 nitrogen and oxygen atoms in total. The fourth-order valence-electron chi connectivity index (χ4n) is 1.60. The summed E-state index contributed by atoms with van der Waals surface area (Å²) in [6.07, 6.45) is 2.05. The van der Waals surface area contributed by atoms with Gasteiger partial charge in [0.25, 0.3) is 0 Å². The molecule has 0 saturated heterocycles. The summed E-state index contributed by atoms with van der Waals surface area (Å²) in [4.78, 5) is -0.0992. The van der Waals surface area contributed by atoms with Crippen LogP contribution in [0.2, 0.25) is 10.0 Å². The highest BCUT2D eigenvalue weighted by atomic mass is 35.5. The molecular weight excluding hydrogens is 295 g/mol. The first-order chi connectivity index (χ1) is 8.23. The number of benzene rings is 1. The molecule has 1 saturated carbocycles. The van der Waals surface area contributed by atoms with Gasteiger partial charge in [-0.25, -0.2) is 13.1 Å². The van der Waals surface area contributed by atoms with Crippen LogP contribution in [-0.2, 0) is 10.0 Å². The lowest BCUT2D eigenvalue weighted by Gasteiger charge is -2.13. The van der Waals surface area contributed by atoms with Gasteiger partial charge in [0.15, 0.2) is 0 Å². The first-order valence-electron chi connectivity index (χ1n) is 5.48. The molecular formula is C11H14Cl2N2O2S. The van der Waals surface area contributed by atoms with Crippen LogP contribution in [0.15, 0.2) is 17.0 Å². The molecule has 0 unspecified atom stereocenters. The summed E-state index contributed by atoms with van der Waals surface area (Å²) < 4.78 is 26.8. The smallest absolute Gasteiger partial charge is 0.244 e. The van der Waals surface area contributed by atoms with Crippen LogP contribution in [0.25, 0.3) is 0 Å². The van der Waals surface area contributed by atoms with E-state index in [1.165, 1.54) is 12.1 Å². The van der Waals surface area contributed by atoms with E-state index in [1.54, 1.807) is 0 Å². The first-order valence-corrected chi connectivity index (χ1v) is 7.72. The first kappa shape index (κ1) is 13.9. The number of nitrogen functional groups attached to an aromatic ring is 1. The zero-order valence-corrected chi connectivity index (χ0v) is 12.2. The average molecular weight is 309 g/mol. The number of nitrogens with one attached hydrogen (secondary N) is 1. The lowest BCUT2D eigenvalue weighted by molar-refractivity contribution is 0.530. The van der Waals surface area contributed by atoms with Crippen LogP contribution in [-0.4, -0.2) is 15.0 Å². The highest BCUT2D eigenvalue weighted by Gasteiger charge is 2.38. The van der Waals surface area contributed by atoms with Crippen molar-refractivity contribution >= 4 is 38.9 Å². The Morgan fingerprint density at radius 1 is 1.39 bits per heavy atom. The van der Waals surface area contributed by atoms with Crippen molar-refractivity contribution in [1.29, 1.82) is 0 Å². The molecule has 18 heavy (non-hydrogen) atoms. The topological polar surface area (TPSA) is 72.2 Å². The van der Waals surface area contributed by atoms with E-state index in [-0.39, 0.29) is 21.0 Å². The van der Waals surface area contributed by atoms with Gasteiger partial charge in [-0.1, -0.05) is 30.1 Å². The fourth-order valence-corrected chi connectivity index (χ4v) is 3.78. The summed E-state index contributed by atoms with van der Waals surface area (Å²) >= 11 is 11.7. The molecule has 7 heteroatoms. The van der Waals surface area contributed by atoms with Gasteiger partial charge in [-0.3, -0.25) is 0 Å². The van der Waals surface area contributed by atoms with Gasteiger partial charge in [-0.15, -0.1) is 0 Å². The van der Waals surface area contributed by atoms with E-state index in [1.807, 2.05) is 6.92 Å². The number of hydrogen-bond donors (Lipinski definition) is 2. The van der Waals surface area contributed by atoms with Gasteiger partial charge in [-0.05, 0) is 30.4 Å². The summed E-state index contributed by atoms with van der Waals surface area (Å²) in [5.41, 5.74) is 5.80. The van der Waals surface area contributed by atoms with Crippen molar-refractivity contribution in [3.8, 4) is 0 Å². The van der Waals surface area contributed by atoms with Gasteiger partial charge in [0.1, 0.15) is 4.90 Å². The second-order valence-electron chi connectivity index (χ2n) is 4.94. The van der Waals surface area contributed by atoms with Crippen molar-refractivity contribution in [1.82, 2.24) is 4.72 Å². The maximum atomic E-state index is 12.1. The third kappa shape index (κ3) is 2.91. The highest BCUT2D eigenvalue weighted by molar-refractivity contribution is 7.89. The number of sulfonamides is 1. The molecule has 3 N–H and O–H groups in total. The predicted octanol–water partition coefficient (Wildman–Crippen LogP) is 2.65. The van der Waals surface area contributed by atoms with Crippen LogP contribution >= 0.6 is 23.2 Å². The second-order valence-corrected chi connectivity index (χ2v) is 7.49. The maximum absolute atomic E-state index is 12.1. The molecule has 1 fully saturated rings. The average Bonchev–Trinajstić information content (AvgIpc) is 2.92. The van der Waals surface area contributed by atoms with Crippen molar-refractivity contribution in [2.75, 3.05) is 12.3 Å². The number of rotatable bonds is 4. The van der Waals surface area contributed by atoms with Crippen LogP contribution < -0.4 is 10.5 Å². The minimum Gasteiger partial charge on any atom is -0.398 e. The molecule has 1 aliphatic carbocycles. The number of anilines is 1. The van der Waals surface area contributed by atoms with Gasteiger partial charge in [0.05, 0.1) is 10.7 Å². The zero-order valence-electron chi connectivity index (χ0n) is 9.83. The molecule has 1 aromatic carbocycles. The number of halogens is 2. The third-order valence-corrected chi connectivity index (χ3v) is 5.24. The lowest BCUT2D eigenvalue weighted by atomic mass is 10.2. The molecule has 0 spiro atoms. The Morgan fingerprint density at radius 3 is 2.50 bits per heavy atom. The van der Waals surface area contributed by atoms with Crippen LogP contribution in [0, 0.1) is 5.41 Å². The van der Waals surface area contributed by atoms with Gasteiger partial charge in [0, 0.05) is 11.6 Å². The molecule has 2 rings (SSSR count). The van der Waals surface area contributed by atoms with Crippen molar-refractivity contribution in [3.63, 3.8) is 0 Å². The SMILES string of the molecule is CC1(CNS(=O)(=O)c2c(N)cc(Cl)cc2Cl)CC1. The van der Waals surface area contributed by atoms with E-state index in [0.717, 1.165) is 12.8 Å². The minimum atomic E-state index is -3.70. The Bertz CT molecular complexity index is 560. The summed E-state index contributed by atoms with van der Waals surface area (Å²) in [6.45, 7) is 2.43. The van der Waals surface area contributed by atoms with E-state index in [2.05, 4.69) is 4.72 Å². The van der Waals surface area contributed by atoms with E-state index < -0.39 is 10.0 Å². The summed E-state index contributed by atoms with van der Waals surface area (Å²) in [6, 6.07) is 2.74. The monoisotopic (exact) mass is 308 g/mol. The van der Waals surface area contributed by atoms with Crippen molar-refractivity contribution < 1.29 is 8.42 Å². The van der Waals surface area contributed by atoms with E-state index in [0.29, 0.717) is 11.6 Å². The Hall–Kier alpha value is -0.490. The quantitative estimate of drug-likeness (QED) is 0.840. The lowest BCUT2D eigenvalue weighted by Crippen LogP contribution is -2.30. The minimum absolute atomic E-state index is 0.0356. The van der Waals surface area contributed by atoms with Crippen LogP contribution in [0.4, 0.5) is 5.69 Å². The van der Waals surface area contributed by atoms with Gasteiger partial charge < -0.3 is 5.73 Å². The van der Waals surface area contributed by atoms with Gasteiger partial charge >= 0.3 is 0 Å². The van der Waals surface area contributed by atoms with Crippen LogP contribution in [0.1, 0.15) is 19.8 Å². The molecule has 0 heterocycles. The third-order valence-electron chi connectivity index (χ3n) is 3.10. The van der Waals surface area contributed by atoms with Crippen molar-refractivity contribution in [3.05, 3.63) is 22.2 Å². The standard InChI is InChI=1S/C11H14Cl2N2O2S/c1-11(2-3-11)6-15-18(16,17)10-8(13)4-7(12)5-9(10)14/h4-5,15H,2-3,6,14H2,1H3. The van der Waals surface area contributed by atoms with Crippen molar-refractivity contribution in [2.45, 2.75) is 24.7 Å². The molecule has 0 aromatic heterocycles. The summed E-state index contributed by atoms with van der Waals surface area (Å²) in [7, 11) is -3.70. The summed E-state index contributed by atoms with van der Waals surface area (Å²) in [5.74, 6) is 0. The number of nitrogens with two attached hydrogens (primary N) is 1. The summed E-state index contributed by atoms with van der Waals surface area (Å²) in [5, 5.41) is 0.346. The molecule has 0 bridgehead atoms. The van der Waals surface area contributed by atoms with Gasteiger partial charge in [-0.2, -0.15) is 0 Å². The molecule has 1 aliphatic rings. The van der Waals surface area contributed by atoms with Crippen LogP contribution in [0.3, 0.4) is 0 Å². The number of hydrogen-bond acceptors (Lipinski definition) is 3. The predicted molar refractivity (Wildman–Crippen MR) is 73.4 cm³/mol. The Morgan fingerprint density at radius 2 is 2.00 bits per heavy atom. The Balaban J connectivity index is 2.29. The van der Waals surface area contributed by atoms with E-state index in [9.17, 15) is 8.42 Å². The largest absolute Gasteiger partial charge is 0.398 e. The zero-order chi connectivity index (χ0) is 13.6. The second kappa shape index (κ2) is 4.56. The maximum Gasteiger partial charge on any atom is 0.244 e. The molecule has 0 amide bonds. The Labute approximate surface area is 117 Å². The van der Waals surface area contributed by atoms with Gasteiger partial charge in [0.2, 0.25) is 10.0 Å². The van der Waals surface area contributed by atoms with E-state index in [4.69, 9.17) is 28.9 Å². The van der Waals surface area contributed by atoms with Crippen molar-refractivity contribution in [2.24, 2.45) is 5.41 Å². The normalized spacial score (nSPS) is 17.7. The molecule has 0 radical (unpaired) electrons. The Kier molecular flexibility index (Phi) is 3.53. The molecule has 0 atom stereocenters. The van der Waals surface area contributed by atoms with Crippen LogP contribution in [0.5, 0.6) is 0 Å². The highest BCUT2D eigenvalue weighted by Crippen LogP contribution is 2.44.